The maximum atomic E-state index is 12.5. The molecular formula is C21H14Cl2N4O3. The van der Waals surface area contributed by atoms with E-state index in [0.29, 0.717) is 55.6 Å². The van der Waals surface area contributed by atoms with E-state index in [-0.39, 0.29) is 5.78 Å². The average Bonchev–Trinajstić information content (AvgIpc) is 3.36. The van der Waals surface area contributed by atoms with Gasteiger partial charge in [0.15, 0.2) is 17.3 Å². The fourth-order valence-electron chi connectivity index (χ4n) is 3.72. The van der Waals surface area contributed by atoms with Crippen LogP contribution in [0.1, 0.15) is 31.1 Å². The average molecular weight is 441 g/mol. The summed E-state index contributed by atoms with van der Waals surface area (Å²) in [5.74, 6) is 1.19. The third kappa shape index (κ3) is 2.89. The summed E-state index contributed by atoms with van der Waals surface area (Å²) in [5.41, 5.74) is 2.21. The van der Waals surface area contributed by atoms with Gasteiger partial charge in [0.05, 0.1) is 22.8 Å². The second kappa shape index (κ2) is 6.97. The van der Waals surface area contributed by atoms with Gasteiger partial charge in [-0.3, -0.25) is 4.79 Å². The second-order valence-electron chi connectivity index (χ2n) is 6.87. The van der Waals surface area contributed by atoms with Crippen LogP contribution < -0.4 is 4.74 Å². The monoisotopic (exact) mass is 440 g/mol. The van der Waals surface area contributed by atoms with E-state index in [2.05, 4.69) is 10.1 Å². The van der Waals surface area contributed by atoms with Crippen LogP contribution in [0.2, 0.25) is 10.0 Å². The van der Waals surface area contributed by atoms with Gasteiger partial charge in [-0.05, 0) is 44.2 Å². The van der Waals surface area contributed by atoms with Crippen molar-refractivity contribution in [3.8, 4) is 17.3 Å². The number of hydrogen-bond acceptors (Lipinski definition) is 6. The zero-order valence-corrected chi connectivity index (χ0v) is 17.4. The van der Waals surface area contributed by atoms with Crippen LogP contribution in [0.25, 0.3) is 17.0 Å². The zero-order valence-electron chi connectivity index (χ0n) is 15.9. The molecule has 3 aromatic heterocycles. The summed E-state index contributed by atoms with van der Waals surface area (Å²) in [6.45, 7) is 3.24. The topological polar surface area (TPSA) is 82.5 Å². The number of halogens is 2. The van der Waals surface area contributed by atoms with Crippen LogP contribution in [0.3, 0.4) is 0 Å². The van der Waals surface area contributed by atoms with Gasteiger partial charge in [-0.1, -0.05) is 23.2 Å². The van der Waals surface area contributed by atoms with Crippen molar-refractivity contribution in [1.29, 1.82) is 0 Å². The lowest BCUT2D eigenvalue weighted by atomic mass is 9.85. The van der Waals surface area contributed by atoms with Crippen molar-refractivity contribution in [2.45, 2.75) is 19.8 Å². The SMILES string of the molecule is CC(=O)C1=C(C)Oc2ncn3nc(-c4ccc(Cl)cc4Cl)nc3c2C1c1ccco1. The molecule has 0 fully saturated rings. The summed E-state index contributed by atoms with van der Waals surface area (Å²) >= 11 is 12.4. The van der Waals surface area contributed by atoms with E-state index in [1.54, 1.807) is 37.5 Å². The number of Topliss-reactive ketones (excluding diaryl/α,β-unsaturated/α-hetero) is 1. The van der Waals surface area contributed by atoms with Gasteiger partial charge in [0.1, 0.15) is 17.8 Å². The van der Waals surface area contributed by atoms with Gasteiger partial charge >= 0.3 is 0 Å². The molecule has 0 N–H and O–H groups in total. The maximum Gasteiger partial charge on any atom is 0.228 e. The molecule has 7 nitrogen and oxygen atoms in total. The minimum absolute atomic E-state index is 0.123. The number of furan rings is 1. The van der Waals surface area contributed by atoms with Gasteiger partial charge in [-0.25, -0.2) is 14.5 Å². The Bertz CT molecular complexity index is 1340. The highest BCUT2D eigenvalue weighted by Gasteiger charge is 2.37. The first-order chi connectivity index (χ1) is 14.4. The normalized spacial score (nSPS) is 15.9. The molecular weight excluding hydrogens is 427 g/mol. The molecule has 0 aliphatic carbocycles. The van der Waals surface area contributed by atoms with E-state index in [1.165, 1.54) is 17.8 Å². The van der Waals surface area contributed by atoms with E-state index < -0.39 is 5.92 Å². The molecule has 4 aromatic rings. The van der Waals surface area contributed by atoms with Crippen molar-refractivity contribution in [1.82, 2.24) is 19.6 Å². The zero-order chi connectivity index (χ0) is 21.0. The Morgan fingerprint density at radius 1 is 1.23 bits per heavy atom. The third-order valence-corrected chi connectivity index (χ3v) is 5.52. The number of ketones is 1. The molecule has 0 radical (unpaired) electrons. The minimum atomic E-state index is -0.518. The number of benzene rings is 1. The van der Waals surface area contributed by atoms with Crippen molar-refractivity contribution in [2.75, 3.05) is 0 Å². The van der Waals surface area contributed by atoms with E-state index in [0.717, 1.165) is 0 Å². The molecule has 0 saturated heterocycles. The molecule has 1 atom stereocenters. The Balaban J connectivity index is 1.77. The second-order valence-corrected chi connectivity index (χ2v) is 7.71. The maximum absolute atomic E-state index is 12.5. The molecule has 150 valence electrons. The van der Waals surface area contributed by atoms with Crippen molar-refractivity contribution in [2.24, 2.45) is 0 Å². The Hall–Kier alpha value is -3.16. The van der Waals surface area contributed by atoms with Gasteiger partial charge in [0.25, 0.3) is 0 Å². The van der Waals surface area contributed by atoms with Crippen LogP contribution in [-0.2, 0) is 4.79 Å². The molecule has 30 heavy (non-hydrogen) atoms. The first-order valence-corrected chi connectivity index (χ1v) is 9.83. The molecule has 1 aliphatic rings. The molecule has 1 unspecified atom stereocenters. The van der Waals surface area contributed by atoms with Crippen LogP contribution in [0, 0.1) is 0 Å². The van der Waals surface area contributed by atoms with Crippen LogP contribution in [0.4, 0.5) is 0 Å². The Morgan fingerprint density at radius 3 is 2.77 bits per heavy atom. The van der Waals surface area contributed by atoms with Gasteiger partial charge in [0.2, 0.25) is 5.88 Å². The van der Waals surface area contributed by atoms with E-state index >= 15 is 0 Å². The molecule has 9 heteroatoms. The minimum Gasteiger partial charge on any atom is -0.468 e. The summed E-state index contributed by atoms with van der Waals surface area (Å²) in [6.07, 6.45) is 3.08. The molecule has 1 aromatic carbocycles. The standard InChI is InChI=1S/C21H14Cl2N4O3/c1-10(28)16-11(2)30-21-18(17(16)15-4-3-7-29-15)20-25-19(26-27(20)9-24-21)13-6-5-12(22)8-14(13)23/h3-9,17H,1-2H3. The number of ether oxygens (including phenoxy) is 1. The number of aromatic nitrogens is 4. The van der Waals surface area contributed by atoms with Crippen molar-refractivity contribution in [3.63, 3.8) is 0 Å². The number of hydrogen-bond donors (Lipinski definition) is 0. The van der Waals surface area contributed by atoms with Gasteiger partial charge in [-0.2, -0.15) is 0 Å². The van der Waals surface area contributed by atoms with Crippen molar-refractivity contribution >= 4 is 34.6 Å². The van der Waals surface area contributed by atoms with Gasteiger partial charge in [0, 0.05) is 16.2 Å². The van der Waals surface area contributed by atoms with E-state index in [9.17, 15) is 4.79 Å². The van der Waals surface area contributed by atoms with E-state index in [1.807, 2.05) is 6.07 Å². The molecule has 1 aliphatic heterocycles. The van der Waals surface area contributed by atoms with Gasteiger partial charge in [-0.15, -0.1) is 5.10 Å². The van der Waals surface area contributed by atoms with Crippen LogP contribution >= 0.6 is 23.2 Å². The summed E-state index contributed by atoms with van der Waals surface area (Å²) in [5, 5.41) is 5.46. The quantitative estimate of drug-likeness (QED) is 0.441. The van der Waals surface area contributed by atoms with E-state index in [4.69, 9.17) is 37.3 Å². The first kappa shape index (κ1) is 18.8. The molecule has 5 rings (SSSR count). The number of fused-ring (bicyclic) bond motifs is 3. The predicted molar refractivity (Wildman–Crippen MR) is 111 cm³/mol. The summed E-state index contributed by atoms with van der Waals surface area (Å²) < 4.78 is 13.1. The Labute approximate surface area is 180 Å². The number of allylic oxidation sites excluding steroid dienone is 2. The fourth-order valence-corrected chi connectivity index (χ4v) is 4.21. The third-order valence-electron chi connectivity index (χ3n) is 4.97. The molecule has 0 saturated carbocycles. The molecule has 0 spiro atoms. The molecule has 4 heterocycles. The number of carbonyl (C=O) groups is 1. The summed E-state index contributed by atoms with van der Waals surface area (Å²) in [4.78, 5) is 21.6. The highest BCUT2D eigenvalue weighted by Crippen LogP contribution is 2.44. The summed E-state index contributed by atoms with van der Waals surface area (Å²) in [6, 6.07) is 8.69. The summed E-state index contributed by atoms with van der Waals surface area (Å²) in [7, 11) is 0. The van der Waals surface area contributed by atoms with Crippen LogP contribution in [-0.4, -0.2) is 25.4 Å². The highest BCUT2D eigenvalue weighted by atomic mass is 35.5. The fraction of sp³-hybridized carbons (Fsp3) is 0.143. The number of nitrogens with zero attached hydrogens (tertiary/aromatic N) is 4. The lowest BCUT2D eigenvalue weighted by Gasteiger charge is -2.26. The smallest absolute Gasteiger partial charge is 0.228 e. The van der Waals surface area contributed by atoms with Crippen LogP contribution in [0.15, 0.2) is 58.7 Å². The lowest BCUT2D eigenvalue weighted by Crippen LogP contribution is -2.21. The Kier molecular flexibility index (Phi) is 4.38. The number of rotatable bonds is 3. The van der Waals surface area contributed by atoms with Gasteiger partial charge < -0.3 is 9.15 Å². The Morgan fingerprint density at radius 2 is 2.07 bits per heavy atom. The van der Waals surface area contributed by atoms with Crippen molar-refractivity contribution in [3.05, 3.63) is 75.6 Å². The molecule has 0 amide bonds. The first-order valence-electron chi connectivity index (χ1n) is 9.07. The molecule has 0 bridgehead atoms. The highest BCUT2D eigenvalue weighted by molar-refractivity contribution is 6.36. The number of carbonyl (C=O) groups excluding carboxylic acids is 1. The largest absolute Gasteiger partial charge is 0.468 e. The lowest BCUT2D eigenvalue weighted by molar-refractivity contribution is -0.114. The van der Waals surface area contributed by atoms with Crippen molar-refractivity contribution < 1.29 is 13.9 Å². The van der Waals surface area contributed by atoms with Crippen LogP contribution in [0.5, 0.6) is 5.88 Å². The predicted octanol–water partition coefficient (Wildman–Crippen LogP) is 5.08.